The second-order valence-corrected chi connectivity index (χ2v) is 25.8. The van der Waals surface area contributed by atoms with E-state index in [1.165, 1.54) is 12.2 Å². The van der Waals surface area contributed by atoms with Gasteiger partial charge in [0, 0.05) is 51.0 Å². The highest BCUT2D eigenvalue weighted by Crippen LogP contribution is 2.44. The molecule has 0 unspecified atom stereocenters. The summed E-state index contributed by atoms with van der Waals surface area (Å²) >= 11 is 0. The van der Waals surface area contributed by atoms with Crippen LogP contribution in [0, 0.1) is 0 Å². The Morgan fingerprint density at radius 3 is 0.821 bits per heavy atom. The lowest BCUT2D eigenvalue weighted by Gasteiger charge is -2.29. The summed E-state index contributed by atoms with van der Waals surface area (Å²) in [5.74, 6) is 2.11. The van der Waals surface area contributed by atoms with E-state index >= 15 is 0 Å². The van der Waals surface area contributed by atoms with Gasteiger partial charge in [0.15, 0.2) is 0 Å². The van der Waals surface area contributed by atoms with Gasteiger partial charge in [-0.3, -0.25) is 0 Å². The number of carbonyl (C=O) groups excluding carboxylic acids is 2. The van der Waals surface area contributed by atoms with Crippen molar-refractivity contribution in [2.45, 2.75) is 144 Å². The standard InChI is InChI=1S/C74H92O10/c1-15-77-31-33-81-67-53-39-57-47-63(73(9,10)11)49-59(69(57)83-37-35-79-65(75)29-27-51-23-19-17-20-24-51)41-55-45-62(72(6,7)8)46-56(68(55)82-34-32-78-16-2)42-60-50-64(74(12,13)14)48-58(40-54(67)44-61(43-53)71(3,4)5)70(60)84-38-36-80-66(76)30-28-52-25-21-18-22-26-52/h17-30,43-50H,15-16,31-42H2,1-14H3/b29-27+,30-28+. The van der Waals surface area contributed by atoms with Crippen molar-refractivity contribution in [1.82, 2.24) is 0 Å². The molecule has 0 aromatic heterocycles. The van der Waals surface area contributed by atoms with Gasteiger partial charge in [-0.15, -0.1) is 0 Å². The fourth-order valence-corrected chi connectivity index (χ4v) is 10.2. The highest BCUT2D eigenvalue weighted by molar-refractivity contribution is 5.87. The second-order valence-electron chi connectivity index (χ2n) is 25.8. The number of rotatable bonds is 22. The highest BCUT2D eigenvalue weighted by atomic mass is 16.6. The van der Waals surface area contributed by atoms with Gasteiger partial charge in [0.05, 0.1) is 13.2 Å². The number of ether oxygens (including phenoxy) is 8. The molecule has 8 bridgehead atoms. The molecule has 84 heavy (non-hydrogen) atoms. The van der Waals surface area contributed by atoms with Crippen LogP contribution in [0.15, 0.2) is 121 Å². The lowest BCUT2D eigenvalue weighted by atomic mass is 9.79. The predicted octanol–water partition coefficient (Wildman–Crippen LogP) is 15.7. The number of fused-ring (bicyclic) bond motifs is 8. The molecule has 10 heteroatoms. The molecule has 1 aliphatic rings. The Morgan fingerprint density at radius 2 is 0.595 bits per heavy atom. The first-order chi connectivity index (χ1) is 39.9. The Morgan fingerprint density at radius 1 is 0.357 bits per heavy atom. The Balaban J connectivity index is 1.48. The van der Waals surface area contributed by atoms with E-state index in [9.17, 15) is 9.59 Å². The van der Waals surface area contributed by atoms with Crippen molar-refractivity contribution in [2.75, 3.05) is 66.1 Å². The molecule has 0 heterocycles. The smallest absolute Gasteiger partial charge is 0.330 e. The van der Waals surface area contributed by atoms with E-state index in [1.54, 1.807) is 12.2 Å². The van der Waals surface area contributed by atoms with Gasteiger partial charge in [-0.05, 0) is 126 Å². The molecule has 0 saturated carbocycles. The maximum absolute atomic E-state index is 13.2. The van der Waals surface area contributed by atoms with E-state index < -0.39 is 11.9 Å². The molecule has 0 radical (unpaired) electrons. The fourth-order valence-electron chi connectivity index (χ4n) is 10.2. The van der Waals surface area contributed by atoms with Crippen molar-refractivity contribution in [3.05, 3.63) is 199 Å². The topological polar surface area (TPSA) is 108 Å². The molecular formula is C74H92O10. The summed E-state index contributed by atoms with van der Waals surface area (Å²) in [6.45, 7) is 33.9. The molecule has 1 aliphatic carbocycles. The van der Waals surface area contributed by atoms with Gasteiger partial charge in [0.1, 0.15) is 62.6 Å². The normalized spacial score (nSPS) is 13.0. The third-order valence-corrected chi connectivity index (χ3v) is 14.9. The van der Waals surface area contributed by atoms with Crippen LogP contribution in [0.4, 0.5) is 0 Å². The SMILES string of the molecule is CCOCCOc1c2cc(C(C)(C)C)cc1Cc1cc(C(C)(C)C)cc(c1OCCOC(=O)/C=C/c1ccccc1)Cc1cc(C(C)(C)C)cc(c1OCCOCC)Cc1cc(C(C)(C)C)cc(c1OCCOC(=O)/C=C/c1ccccc1)C2. The molecule has 0 amide bonds. The summed E-state index contributed by atoms with van der Waals surface area (Å²) < 4.78 is 51.7. The predicted molar refractivity (Wildman–Crippen MR) is 340 cm³/mol. The fraction of sp³-hybridized carbons (Fsp3) is 0.432. The van der Waals surface area contributed by atoms with Crippen molar-refractivity contribution in [1.29, 1.82) is 0 Å². The van der Waals surface area contributed by atoms with Gasteiger partial charge in [-0.1, -0.05) is 192 Å². The van der Waals surface area contributed by atoms with Crippen LogP contribution in [0.2, 0.25) is 0 Å². The first kappa shape index (κ1) is 64.4. The van der Waals surface area contributed by atoms with Crippen molar-refractivity contribution in [3.63, 3.8) is 0 Å². The average Bonchev–Trinajstić information content (AvgIpc) is 2.78. The van der Waals surface area contributed by atoms with E-state index in [-0.39, 0.29) is 48.1 Å². The molecule has 7 rings (SSSR count). The van der Waals surface area contributed by atoms with Crippen LogP contribution >= 0.6 is 0 Å². The van der Waals surface area contributed by atoms with Gasteiger partial charge in [0.25, 0.3) is 0 Å². The first-order valence-corrected chi connectivity index (χ1v) is 30.0. The van der Waals surface area contributed by atoms with Gasteiger partial charge < -0.3 is 37.9 Å². The van der Waals surface area contributed by atoms with E-state index in [0.717, 1.165) is 101 Å². The molecule has 0 fully saturated rings. The average molecular weight is 1140 g/mol. The Hall–Kier alpha value is -7.14. The van der Waals surface area contributed by atoms with Crippen molar-refractivity contribution in [3.8, 4) is 23.0 Å². The second kappa shape index (κ2) is 29.1. The molecule has 0 atom stereocenters. The van der Waals surface area contributed by atoms with Gasteiger partial charge >= 0.3 is 11.9 Å². The molecule has 0 spiro atoms. The zero-order chi connectivity index (χ0) is 60.7. The number of esters is 2. The summed E-state index contributed by atoms with van der Waals surface area (Å²) in [6, 6.07) is 37.7. The first-order valence-electron chi connectivity index (χ1n) is 30.0. The van der Waals surface area contributed by atoms with Crippen LogP contribution in [0.1, 0.15) is 175 Å². The molecule has 10 nitrogen and oxygen atoms in total. The minimum absolute atomic E-state index is 0.0369. The van der Waals surface area contributed by atoms with E-state index in [2.05, 4.69) is 132 Å². The Kier molecular flexibility index (Phi) is 22.3. The minimum Gasteiger partial charge on any atom is -0.491 e. The van der Waals surface area contributed by atoms with Crippen molar-refractivity contribution >= 4 is 24.1 Å². The largest absolute Gasteiger partial charge is 0.491 e. The summed E-state index contributed by atoms with van der Waals surface area (Å²) in [6.07, 6.45) is 8.25. The lowest BCUT2D eigenvalue weighted by Crippen LogP contribution is -2.19. The van der Waals surface area contributed by atoms with Crippen LogP contribution in [0.3, 0.4) is 0 Å². The zero-order valence-corrected chi connectivity index (χ0v) is 52.7. The molecule has 0 saturated heterocycles. The third-order valence-electron chi connectivity index (χ3n) is 14.9. The van der Waals surface area contributed by atoms with Crippen LogP contribution < -0.4 is 18.9 Å². The van der Waals surface area contributed by atoms with Crippen LogP contribution in [-0.4, -0.2) is 78.0 Å². The maximum atomic E-state index is 13.2. The number of hydrogen-bond donors (Lipinski definition) is 0. The molecule has 6 aromatic rings. The molecular weight excluding hydrogens is 1050 g/mol. The van der Waals surface area contributed by atoms with Crippen molar-refractivity contribution < 1.29 is 47.5 Å². The molecule has 6 aromatic carbocycles. The quantitative estimate of drug-likeness (QED) is 0.0370. The van der Waals surface area contributed by atoms with E-state index in [1.807, 2.05) is 74.5 Å². The number of hydrogen-bond acceptors (Lipinski definition) is 10. The van der Waals surface area contributed by atoms with E-state index in [0.29, 0.717) is 65.3 Å². The molecule has 0 N–H and O–H groups in total. The highest BCUT2D eigenvalue weighted by Gasteiger charge is 2.30. The van der Waals surface area contributed by atoms with Gasteiger partial charge in [0.2, 0.25) is 0 Å². The lowest BCUT2D eigenvalue weighted by molar-refractivity contribution is -0.139. The Bertz CT molecular complexity index is 2900. The number of carbonyl (C=O) groups is 2. The summed E-state index contributed by atoms with van der Waals surface area (Å²) in [5, 5.41) is 0. The Labute approximate surface area is 501 Å². The summed E-state index contributed by atoms with van der Waals surface area (Å²) in [5.41, 5.74) is 13.3. The van der Waals surface area contributed by atoms with Crippen LogP contribution in [0.5, 0.6) is 23.0 Å². The monoisotopic (exact) mass is 1140 g/mol. The zero-order valence-electron chi connectivity index (χ0n) is 52.7. The maximum Gasteiger partial charge on any atom is 0.330 e. The van der Waals surface area contributed by atoms with E-state index in [4.69, 9.17) is 37.9 Å². The number of benzene rings is 6. The van der Waals surface area contributed by atoms with Crippen LogP contribution in [-0.2, 0) is 75.9 Å². The third kappa shape index (κ3) is 18.4. The van der Waals surface area contributed by atoms with Crippen molar-refractivity contribution in [2.24, 2.45) is 0 Å². The molecule has 0 aliphatic heterocycles. The van der Waals surface area contributed by atoms with Gasteiger partial charge in [-0.25, -0.2) is 9.59 Å². The van der Waals surface area contributed by atoms with Crippen LogP contribution in [0.25, 0.3) is 12.2 Å². The summed E-state index contributed by atoms with van der Waals surface area (Å²) in [7, 11) is 0. The summed E-state index contributed by atoms with van der Waals surface area (Å²) in [4.78, 5) is 26.3. The van der Waals surface area contributed by atoms with Gasteiger partial charge in [-0.2, -0.15) is 0 Å². The minimum atomic E-state index is -0.448. The molecule has 448 valence electrons.